The second-order valence-corrected chi connectivity index (χ2v) is 3.22. The zero-order chi connectivity index (χ0) is 10.4. The Labute approximate surface area is 83.7 Å². The van der Waals surface area contributed by atoms with Gasteiger partial charge in [-0.3, -0.25) is 9.69 Å². The molecule has 0 spiro atoms. The Kier molecular flexibility index (Phi) is 4.35. The first kappa shape index (κ1) is 10.9. The molecule has 0 radical (unpaired) electrons. The Morgan fingerprint density at radius 2 is 2.29 bits per heavy atom. The third kappa shape index (κ3) is 3.32. The molecule has 4 nitrogen and oxygen atoms in total. The standard InChI is InChI=1S/C10H17N3O/c1-2-13(6-5-11)8-9-3-4-10(14)12-7-9/h3-4,7H,2,5-6,8,11H2,1H3,(H,12,14). The molecule has 0 saturated carbocycles. The van der Waals surface area contributed by atoms with E-state index in [1.807, 2.05) is 6.07 Å². The van der Waals surface area contributed by atoms with Gasteiger partial charge in [-0.2, -0.15) is 0 Å². The maximum Gasteiger partial charge on any atom is 0.247 e. The number of likely N-dealkylation sites (N-methyl/N-ethyl adjacent to an activating group) is 1. The number of hydrogen-bond acceptors (Lipinski definition) is 3. The maximum atomic E-state index is 10.8. The van der Waals surface area contributed by atoms with Gasteiger partial charge in [-0.1, -0.05) is 13.0 Å². The van der Waals surface area contributed by atoms with E-state index in [1.54, 1.807) is 12.3 Å². The molecule has 0 aromatic carbocycles. The minimum absolute atomic E-state index is 0.0596. The molecule has 0 aliphatic heterocycles. The van der Waals surface area contributed by atoms with E-state index in [9.17, 15) is 4.79 Å². The fourth-order valence-electron chi connectivity index (χ4n) is 1.33. The van der Waals surface area contributed by atoms with Crippen LogP contribution in [0.1, 0.15) is 12.5 Å². The molecule has 0 aliphatic carbocycles. The van der Waals surface area contributed by atoms with Crippen molar-refractivity contribution in [2.45, 2.75) is 13.5 Å². The average Bonchev–Trinajstić information content (AvgIpc) is 2.20. The Hall–Kier alpha value is -1.13. The molecule has 14 heavy (non-hydrogen) atoms. The zero-order valence-electron chi connectivity index (χ0n) is 8.49. The van der Waals surface area contributed by atoms with E-state index in [-0.39, 0.29) is 5.56 Å². The summed E-state index contributed by atoms with van der Waals surface area (Å²) in [4.78, 5) is 15.7. The summed E-state index contributed by atoms with van der Waals surface area (Å²) in [6.07, 6.45) is 1.75. The Bertz CT molecular complexity index is 301. The zero-order valence-corrected chi connectivity index (χ0v) is 8.49. The topological polar surface area (TPSA) is 62.1 Å². The lowest BCUT2D eigenvalue weighted by Crippen LogP contribution is -2.29. The van der Waals surface area contributed by atoms with Gasteiger partial charge in [-0.15, -0.1) is 0 Å². The van der Waals surface area contributed by atoms with Gasteiger partial charge in [0.15, 0.2) is 0 Å². The SMILES string of the molecule is CCN(CCN)Cc1ccc(=O)[nH]c1. The number of aromatic nitrogens is 1. The summed E-state index contributed by atoms with van der Waals surface area (Å²) < 4.78 is 0. The third-order valence-corrected chi connectivity index (χ3v) is 2.15. The lowest BCUT2D eigenvalue weighted by Gasteiger charge is -2.18. The molecule has 1 aromatic heterocycles. The predicted octanol–water partition coefficient (Wildman–Crippen LogP) is 0.155. The van der Waals surface area contributed by atoms with Crippen LogP contribution in [0.4, 0.5) is 0 Å². The highest BCUT2D eigenvalue weighted by atomic mass is 16.1. The molecule has 1 rings (SSSR count). The monoisotopic (exact) mass is 195 g/mol. The smallest absolute Gasteiger partial charge is 0.247 e. The molecule has 0 aliphatic rings. The van der Waals surface area contributed by atoms with Crippen molar-refractivity contribution < 1.29 is 0 Å². The van der Waals surface area contributed by atoms with Crippen molar-refractivity contribution in [2.75, 3.05) is 19.6 Å². The molecule has 0 unspecified atom stereocenters. The summed E-state index contributed by atoms with van der Waals surface area (Å²) in [5.74, 6) is 0. The summed E-state index contributed by atoms with van der Waals surface area (Å²) in [6, 6.07) is 3.39. The molecule has 0 amide bonds. The van der Waals surface area contributed by atoms with E-state index >= 15 is 0 Å². The van der Waals surface area contributed by atoms with Crippen LogP contribution in [0.15, 0.2) is 23.1 Å². The molecule has 4 heteroatoms. The van der Waals surface area contributed by atoms with Crippen molar-refractivity contribution >= 4 is 0 Å². The van der Waals surface area contributed by atoms with E-state index in [4.69, 9.17) is 5.73 Å². The van der Waals surface area contributed by atoms with Crippen LogP contribution >= 0.6 is 0 Å². The largest absolute Gasteiger partial charge is 0.329 e. The number of nitrogens with zero attached hydrogens (tertiary/aromatic N) is 1. The van der Waals surface area contributed by atoms with E-state index in [1.165, 1.54) is 0 Å². The Morgan fingerprint density at radius 1 is 1.50 bits per heavy atom. The van der Waals surface area contributed by atoms with Gasteiger partial charge in [0.1, 0.15) is 0 Å². The number of H-pyrrole nitrogens is 1. The number of rotatable bonds is 5. The van der Waals surface area contributed by atoms with E-state index in [0.717, 1.165) is 25.2 Å². The van der Waals surface area contributed by atoms with Crippen LogP contribution in [-0.2, 0) is 6.54 Å². The molecule has 1 heterocycles. The predicted molar refractivity (Wildman–Crippen MR) is 57.1 cm³/mol. The molecular formula is C10H17N3O. The first-order chi connectivity index (χ1) is 6.76. The Morgan fingerprint density at radius 3 is 2.79 bits per heavy atom. The Balaban J connectivity index is 2.57. The number of nitrogens with one attached hydrogen (secondary N) is 1. The maximum absolute atomic E-state index is 10.8. The fraction of sp³-hybridized carbons (Fsp3) is 0.500. The van der Waals surface area contributed by atoms with Gasteiger partial charge in [-0.25, -0.2) is 0 Å². The second kappa shape index (κ2) is 5.57. The fourth-order valence-corrected chi connectivity index (χ4v) is 1.33. The van der Waals surface area contributed by atoms with Crippen LogP contribution in [0.3, 0.4) is 0 Å². The number of aromatic amines is 1. The lowest BCUT2D eigenvalue weighted by molar-refractivity contribution is 0.288. The number of nitrogens with two attached hydrogens (primary N) is 1. The summed E-state index contributed by atoms with van der Waals surface area (Å²) in [5, 5.41) is 0. The molecule has 3 N–H and O–H groups in total. The van der Waals surface area contributed by atoms with Gasteiger partial charge >= 0.3 is 0 Å². The van der Waals surface area contributed by atoms with Crippen molar-refractivity contribution in [2.24, 2.45) is 5.73 Å². The highest BCUT2D eigenvalue weighted by molar-refractivity contribution is 5.08. The minimum atomic E-state index is -0.0596. The third-order valence-electron chi connectivity index (χ3n) is 2.15. The van der Waals surface area contributed by atoms with Gasteiger partial charge in [0, 0.05) is 31.9 Å². The minimum Gasteiger partial charge on any atom is -0.329 e. The average molecular weight is 195 g/mol. The van der Waals surface area contributed by atoms with E-state index in [2.05, 4.69) is 16.8 Å². The summed E-state index contributed by atoms with van der Waals surface area (Å²) in [6.45, 7) is 5.45. The molecule has 0 fully saturated rings. The van der Waals surface area contributed by atoms with E-state index in [0.29, 0.717) is 6.54 Å². The van der Waals surface area contributed by atoms with Crippen LogP contribution in [0.5, 0.6) is 0 Å². The second-order valence-electron chi connectivity index (χ2n) is 3.22. The summed E-state index contributed by atoms with van der Waals surface area (Å²) >= 11 is 0. The van der Waals surface area contributed by atoms with Gasteiger partial charge in [-0.05, 0) is 12.1 Å². The highest BCUT2D eigenvalue weighted by Gasteiger charge is 2.01. The summed E-state index contributed by atoms with van der Waals surface area (Å²) in [5.41, 5.74) is 6.53. The van der Waals surface area contributed by atoms with Gasteiger partial charge < -0.3 is 10.7 Å². The molecule has 0 atom stereocenters. The number of pyridine rings is 1. The first-order valence-corrected chi connectivity index (χ1v) is 4.86. The summed E-state index contributed by atoms with van der Waals surface area (Å²) in [7, 11) is 0. The lowest BCUT2D eigenvalue weighted by atomic mass is 10.2. The van der Waals surface area contributed by atoms with Crippen molar-refractivity contribution in [1.82, 2.24) is 9.88 Å². The van der Waals surface area contributed by atoms with Crippen molar-refractivity contribution in [1.29, 1.82) is 0 Å². The van der Waals surface area contributed by atoms with Crippen molar-refractivity contribution in [3.05, 3.63) is 34.2 Å². The van der Waals surface area contributed by atoms with Gasteiger partial charge in [0.05, 0.1) is 0 Å². The van der Waals surface area contributed by atoms with Crippen LogP contribution in [0.25, 0.3) is 0 Å². The van der Waals surface area contributed by atoms with E-state index < -0.39 is 0 Å². The first-order valence-electron chi connectivity index (χ1n) is 4.86. The molecule has 1 aromatic rings. The molecule has 78 valence electrons. The molecule has 0 bridgehead atoms. The van der Waals surface area contributed by atoms with Crippen LogP contribution in [0.2, 0.25) is 0 Å². The van der Waals surface area contributed by atoms with Crippen LogP contribution in [0, 0.1) is 0 Å². The molecular weight excluding hydrogens is 178 g/mol. The normalized spacial score (nSPS) is 10.8. The van der Waals surface area contributed by atoms with Gasteiger partial charge in [0.25, 0.3) is 0 Å². The van der Waals surface area contributed by atoms with Gasteiger partial charge in [0.2, 0.25) is 5.56 Å². The van der Waals surface area contributed by atoms with Crippen molar-refractivity contribution in [3.63, 3.8) is 0 Å². The van der Waals surface area contributed by atoms with Crippen molar-refractivity contribution in [3.8, 4) is 0 Å². The van der Waals surface area contributed by atoms with Crippen LogP contribution < -0.4 is 11.3 Å². The molecule has 0 saturated heterocycles. The quantitative estimate of drug-likeness (QED) is 0.703. The number of hydrogen-bond donors (Lipinski definition) is 2. The van der Waals surface area contributed by atoms with Crippen LogP contribution in [-0.4, -0.2) is 29.5 Å². The highest BCUT2D eigenvalue weighted by Crippen LogP contribution is 1.99.